The van der Waals surface area contributed by atoms with Gasteiger partial charge < -0.3 is 5.11 Å². The highest BCUT2D eigenvalue weighted by Gasteiger charge is 2.33. The first-order valence-corrected chi connectivity index (χ1v) is 8.72. The van der Waals surface area contributed by atoms with E-state index in [9.17, 15) is 13.2 Å². The van der Waals surface area contributed by atoms with Crippen LogP contribution in [0, 0.1) is 0 Å². The SMILES string of the molecule is O=C(O)CCC1CCCCN1S(=O)(=O)c1cccc(Cl)c1. The van der Waals surface area contributed by atoms with Crippen LogP contribution in [0.2, 0.25) is 5.02 Å². The standard InChI is InChI=1S/C14H18ClNO4S/c15-11-4-3-6-13(10-11)21(19,20)16-9-2-1-5-12(16)7-8-14(17)18/h3-4,6,10,12H,1-2,5,7-9H2,(H,17,18). The Balaban J connectivity index is 2.25. The van der Waals surface area contributed by atoms with Gasteiger partial charge in [0.1, 0.15) is 0 Å². The number of halogens is 1. The topological polar surface area (TPSA) is 74.7 Å². The van der Waals surface area contributed by atoms with Gasteiger partial charge in [-0.2, -0.15) is 4.31 Å². The minimum atomic E-state index is -3.63. The van der Waals surface area contributed by atoms with E-state index in [0.717, 1.165) is 12.8 Å². The summed E-state index contributed by atoms with van der Waals surface area (Å²) >= 11 is 5.87. The average molecular weight is 332 g/mol. The van der Waals surface area contributed by atoms with E-state index in [0.29, 0.717) is 24.4 Å². The summed E-state index contributed by atoms with van der Waals surface area (Å²) in [5, 5.41) is 9.17. The van der Waals surface area contributed by atoms with Crippen molar-refractivity contribution in [2.45, 2.75) is 43.0 Å². The first-order valence-electron chi connectivity index (χ1n) is 6.90. The van der Waals surface area contributed by atoms with Gasteiger partial charge in [-0.1, -0.05) is 24.1 Å². The second kappa shape index (κ2) is 6.77. The highest BCUT2D eigenvalue weighted by molar-refractivity contribution is 7.89. The maximum Gasteiger partial charge on any atom is 0.303 e. The number of carboxylic acid groups (broad SMARTS) is 1. The van der Waals surface area contributed by atoms with Crippen molar-refractivity contribution in [3.8, 4) is 0 Å². The number of rotatable bonds is 5. The summed E-state index contributed by atoms with van der Waals surface area (Å²) in [6, 6.07) is 5.92. The Kier molecular flexibility index (Phi) is 5.24. The molecule has 21 heavy (non-hydrogen) atoms. The predicted octanol–water partition coefficient (Wildman–Crippen LogP) is 2.75. The first kappa shape index (κ1) is 16.3. The van der Waals surface area contributed by atoms with Crippen LogP contribution in [0.1, 0.15) is 32.1 Å². The van der Waals surface area contributed by atoms with Crippen molar-refractivity contribution >= 4 is 27.6 Å². The van der Waals surface area contributed by atoms with Gasteiger partial charge in [-0.05, 0) is 37.5 Å². The van der Waals surface area contributed by atoms with Gasteiger partial charge in [0.15, 0.2) is 0 Å². The number of carbonyl (C=O) groups is 1. The molecule has 0 aromatic heterocycles. The van der Waals surface area contributed by atoms with E-state index in [1.54, 1.807) is 12.1 Å². The minimum Gasteiger partial charge on any atom is -0.481 e. The van der Waals surface area contributed by atoms with Crippen molar-refractivity contribution in [2.24, 2.45) is 0 Å². The lowest BCUT2D eigenvalue weighted by atomic mass is 10.0. The molecule has 1 atom stereocenters. The molecule has 1 saturated heterocycles. The van der Waals surface area contributed by atoms with E-state index < -0.39 is 16.0 Å². The molecule has 1 aromatic rings. The van der Waals surface area contributed by atoms with E-state index >= 15 is 0 Å². The molecule has 0 amide bonds. The van der Waals surface area contributed by atoms with Crippen LogP contribution in [0.15, 0.2) is 29.2 Å². The zero-order valence-corrected chi connectivity index (χ0v) is 13.1. The third-order valence-corrected chi connectivity index (χ3v) is 5.85. The highest BCUT2D eigenvalue weighted by Crippen LogP contribution is 2.28. The molecular formula is C14H18ClNO4S. The maximum absolute atomic E-state index is 12.7. The number of hydrogen-bond acceptors (Lipinski definition) is 3. The van der Waals surface area contributed by atoms with Crippen LogP contribution in [-0.2, 0) is 14.8 Å². The third-order valence-electron chi connectivity index (χ3n) is 3.67. The van der Waals surface area contributed by atoms with Gasteiger partial charge in [-0.3, -0.25) is 4.79 Å². The number of aliphatic carboxylic acids is 1. The zero-order chi connectivity index (χ0) is 15.5. The molecular weight excluding hydrogens is 314 g/mol. The van der Waals surface area contributed by atoms with E-state index in [-0.39, 0.29) is 17.4 Å². The Bertz CT molecular complexity index is 617. The van der Waals surface area contributed by atoms with Crippen LogP contribution in [0.3, 0.4) is 0 Å². The van der Waals surface area contributed by atoms with E-state index in [4.69, 9.17) is 16.7 Å². The molecule has 0 radical (unpaired) electrons. The van der Waals surface area contributed by atoms with Crippen molar-refractivity contribution in [3.63, 3.8) is 0 Å². The quantitative estimate of drug-likeness (QED) is 0.900. The van der Waals surface area contributed by atoms with E-state index in [1.807, 2.05) is 0 Å². The lowest BCUT2D eigenvalue weighted by molar-refractivity contribution is -0.137. The van der Waals surface area contributed by atoms with Crippen molar-refractivity contribution in [1.82, 2.24) is 4.31 Å². The summed E-state index contributed by atoms with van der Waals surface area (Å²) < 4.78 is 26.9. The van der Waals surface area contributed by atoms with Crippen LogP contribution in [-0.4, -0.2) is 36.4 Å². The van der Waals surface area contributed by atoms with Gasteiger partial charge in [0.05, 0.1) is 4.90 Å². The number of sulfonamides is 1. The zero-order valence-electron chi connectivity index (χ0n) is 11.5. The van der Waals surface area contributed by atoms with Crippen LogP contribution >= 0.6 is 11.6 Å². The molecule has 0 saturated carbocycles. The Labute approximate surface area is 129 Å². The lowest BCUT2D eigenvalue weighted by Gasteiger charge is -2.34. The van der Waals surface area contributed by atoms with Gasteiger partial charge in [0.2, 0.25) is 10.0 Å². The van der Waals surface area contributed by atoms with Crippen molar-refractivity contribution < 1.29 is 18.3 Å². The number of nitrogens with zero attached hydrogens (tertiary/aromatic N) is 1. The molecule has 1 aliphatic heterocycles. The molecule has 1 N–H and O–H groups in total. The monoisotopic (exact) mass is 331 g/mol. The smallest absolute Gasteiger partial charge is 0.303 e. The summed E-state index contributed by atoms with van der Waals surface area (Å²) in [6.45, 7) is 0.430. The largest absolute Gasteiger partial charge is 0.481 e. The molecule has 1 unspecified atom stereocenters. The van der Waals surface area contributed by atoms with Crippen molar-refractivity contribution in [2.75, 3.05) is 6.54 Å². The maximum atomic E-state index is 12.7. The third kappa shape index (κ3) is 3.96. The van der Waals surface area contributed by atoms with Gasteiger partial charge in [-0.25, -0.2) is 8.42 Å². The molecule has 1 aliphatic rings. The molecule has 0 bridgehead atoms. The molecule has 1 aromatic carbocycles. The average Bonchev–Trinajstić information content (AvgIpc) is 2.45. The van der Waals surface area contributed by atoms with Gasteiger partial charge in [-0.15, -0.1) is 0 Å². The van der Waals surface area contributed by atoms with E-state index in [2.05, 4.69) is 0 Å². The second-order valence-electron chi connectivity index (χ2n) is 5.16. The van der Waals surface area contributed by atoms with Crippen LogP contribution in [0.25, 0.3) is 0 Å². The van der Waals surface area contributed by atoms with Crippen LogP contribution in [0.5, 0.6) is 0 Å². The normalized spacial score (nSPS) is 20.3. The fraction of sp³-hybridized carbons (Fsp3) is 0.500. The molecule has 116 valence electrons. The summed E-state index contributed by atoms with van der Waals surface area (Å²) in [4.78, 5) is 10.9. The molecule has 1 fully saturated rings. The summed E-state index contributed by atoms with van der Waals surface area (Å²) in [7, 11) is -3.63. The summed E-state index contributed by atoms with van der Waals surface area (Å²) in [6.07, 6.45) is 2.74. The molecule has 5 nitrogen and oxygen atoms in total. The highest BCUT2D eigenvalue weighted by atomic mass is 35.5. The molecule has 1 heterocycles. The Morgan fingerprint density at radius 3 is 2.81 bits per heavy atom. The van der Waals surface area contributed by atoms with Gasteiger partial charge in [0, 0.05) is 24.0 Å². The van der Waals surface area contributed by atoms with Crippen molar-refractivity contribution in [3.05, 3.63) is 29.3 Å². The Morgan fingerprint density at radius 1 is 1.38 bits per heavy atom. The molecule has 2 rings (SSSR count). The Morgan fingerprint density at radius 2 is 2.14 bits per heavy atom. The number of hydrogen-bond donors (Lipinski definition) is 1. The molecule has 0 spiro atoms. The van der Waals surface area contributed by atoms with Crippen LogP contribution < -0.4 is 0 Å². The van der Waals surface area contributed by atoms with Crippen molar-refractivity contribution in [1.29, 1.82) is 0 Å². The minimum absolute atomic E-state index is 0.0216. The fourth-order valence-electron chi connectivity index (χ4n) is 2.63. The van der Waals surface area contributed by atoms with E-state index in [1.165, 1.54) is 16.4 Å². The molecule has 0 aliphatic carbocycles. The summed E-state index contributed by atoms with van der Waals surface area (Å²) in [5.74, 6) is -0.902. The van der Waals surface area contributed by atoms with Crippen LogP contribution in [0.4, 0.5) is 0 Å². The van der Waals surface area contributed by atoms with Gasteiger partial charge >= 0.3 is 5.97 Å². The first-order chi connectivity index (χ1) is 9.91. The molecule has 7 heteroatoms. The Hall–Kier alpha value is -1.11. The van der Waals surface area contributed by atoms with Gasteiger partial charge in [0.25, 0.3) is 0 Å². The summed E-state index contributed by atoms with van der Waals surface area (Å²) in [5.41, 5.74) is 0. The number of piperidine rings is 1. The number of carboxylic acids is 1. The predicted molar refractivity (Wildman–Crippen MR) is 79.9 cm³/mol. The fourth-order valence-corrected chi connectivity index (χ4v) is 4.66. The second-order valence-corrected chi connectivity index (χ2v) is 7.48. The lowest BCUT2D eigenvalue weighted by Crippen LogP contribution is -2.43. The number of benzene rings is 1.